The van der Waals surface area contributed by atoms with Gasteiger partial charge in [0.15, 0.2) is 0 Å². The van der Waals surface area contributed by atoms with Gasteiger partial charge in [0, 0.05) is 19.1 Å². The second-order valence-electron chi connectivity index (χ2n) is 5.89. The Bertz CT molecular complexity index is 348. The van der Waals surface area contributed by atoms with Gasteiger partial charge in [-0.15, -0.1) is 0 Å². The molecule has 0 amide bonds. The summed E-state index contributed by atoms with van der Waals surface area (Å²) in [7, 11) is 2.25. The van der Waals surface area contributed by atoms with Gasteiger partial charge in [0.25, 0.3) is 0 Å². The van der Waals surface area contributed by atoms with Gasteiger partial charge in [-0.25, -0.2) is 0 Å². The van der Waals surface area contributed by atoms with E-state index in [2.05, 4.69) is 54.5 Å². The zero-order valence-corrected chi connectivity index (χ0v) is 12.4. The third kappa shape index (κ3) is 4.63. The van der Waals surface area contributed by atoms with Crippen LogP contribution in [0.3, 0.4) is 0 Å². The van der Waals surface area contributed by atoms with E-state index in [1.165, 1.54) is 37.8 Å². The minimum absolute atomic E-state index is 0.733. The lowest BCUT2D eigenvalue weighted by Crippen LogP contribution is -2.43. The van der Waals surface area contributed by atoms with Crippen LogP contribution in [0, 0.1) is 5.92 Å². The maximum absolute atomic E-state index is 3.68. The minimum Gasteiger partial charge on any atom is -0.314 e. The molecule has 2 rings (SSSR count). The summed E-state index contributed by atoms with van der Waals surface area (Å²) in [6, 6.07) is 11.5. The first kappa shape index (κ1) is 14.5. The Kier molecular flexibility index (Phi) is 5.87. The Balaban J connectivity index is 1.84. The molecule has 0 aromatic heterocycles. The van der Waals surface area contributed by atoms with Gasteiger partial charge < -0.3 is 10.2 Å². The molecule has 1 aromatic carbocycles. The van der Waals surface area contributed by atoms with Crippen LogP contribution in [0.1, 0.15) is 38.2 Å². The molecule has 106 valence electrons. The molecule has 1 fully saturated rings. The van der Waals surface area contributed by atoms with E-state index in [4.69, 9.17) is 0 Å². The van der Waals surface area contributed by atoms with Gasteiger partial charge in [-0.05, 0) is 37.9 Å². The van der Waals surface area contributed by atoms with Crippen LogP contribution in [0.5, 0.6) is 0 Å². The number of rotatable bonds is 6. The van der Waals surface area contributed by atoms with Gasteiger partial charge in [-0.2, -0.15) is 0 Å². The van der Waals surface area contributed by atoms with Crippen LogP contribution in [0.2, 0.25) is 0 Å². The SMILES string of the molecule is CCNC1CCCCC1CN(C)Cc1ccccc1. The van der Waals surface area contributed by atoms with E-state index < -0.39 is 0 Å². The number of nitrogens with one attached hydrogen (secondary N) is 1. The highest BCUT2D eigenvalue weighted by molar-refractivity contribution is 5.14. The average molecular weight is 260 g/mol. The second-order valence-corrected chi connectivity index (χ2v) is 5.89. The molecule has 1 aromatic rings. The van der Waals surface area contributed by atoms with E-state index in [0.29, 0.717) is 0 Å². The highest BCUT2D eigenvalue weighted by Gasteiger charge is 2.25. The topological polar surface area (TPSA) is 15.3 Å². The third-order valence-corrected chi connectivity index (χ3v) is 4.22. The van der Waals surface area contributed by atoms with Gasteiger partial charge in [0.05, 0.1) is 0 Å². The van der Waals surface area contributed by atoms with Gasteiger partial charge in [-0.1, -0.05) is 50.1 Å². The van der Waals surface area contributed by atoms with Gasteiger partial charge in [-0.3, -0.25) is 0 Å². The molecular formula is C17H28N2. The van der Waals surface area contributed by atoms with Crippen LogP contribution in [0.15, 0.2) is 30.3 Å². The Hall–Kier alpha value is -0.860. The van der Waals surface area contributed by atoms with Gasteiger partial charge >= 0.3 is 0 Å². The van der Waals surface area contributed by atoms with E-state index in [-0.39, 0.29) is 0 Å². The van der Waals surface area contributed by atoms with Gasteiger partial charge in [0.2, 0.25) is 0 Å². The molecule has 1 N–H and O–H groups in total. The van der Waals surface area contributed by atoms with Crippen LogP contribution in [-0.2, 0) is 6.54 Å². The monoisotopic (exact) mass is 260 g/mol. The minimum atomic E-state index is 0.733. The first-order valence-electron chi connectivity index (χ1n) is 7.75. The summed E-state index contributed by atoms with van der Waals surface area (Å²) in [5.41, 5.74) is 1.42. The summed E-state index contributed by atoms with van der Waals surface area (Å²) in [5.74, 6) is 0.822. The molecular weight excluding hydrogens is 232 g/mol. The lowest BCUT2D eigenvalue weighted by Gasteiger charge is -2.35. The summed E-state index contributed by atoms with van der Waals surface area (Å²) in [5, 5.41) is 3.68. The molecule has 19 heavy (non-hydrogen) atoms. The Labute approximate surface area is 118 Å². The lowest BCUT2D eigenvalue weighted by atomic mass is 9.84. The zero-order valence-electron chi connectivity index (χ0n) is 12.4. The van der Waals surface area contributed by atoms with Crippen LogP contribution < -0.4 is 5.32 Å². The maximum atomic E-state index is 3.68. The van der Waals surface area contributed by atoms with Crippen molar-refractivity contribution in [2.24, 2.45) is 5.92 Å². The fourth-order valence-electron chi connectivity index (χ4n) is 3.32. The second kappa shape index (κ2) is 7.66. The third-order valence-electron chi connectivity index (χ3n) is 4.22. The maximum Gasteiger partial charge on any atom is 0.0230 e. The Morgan fingerprint density at radius 3 is 2.63 bits per heavy atom. The van der Waals surface area contributed by atoms with Crippen molar-refractivity contribution in [1.29, 1.82) is 0 Å². The van der Waals surface area contributed by atoms with Crippen molar-refractivity contribution in [1.82, 2.24) is 10.2 Å². The molecule has 0 radical (unpaired) electrons. The lowest BCUT2D eigenvalue weighted by molar-refractivity contribution is 0.186. The molecule has 0 bridgehead atoms. The number of hydrogen-bond acceptors (Lipinski definition) is 2. The fraction of sp³-hybridized carbons (Fsp3) is 0.647. The predicted octanol–water partition coefficient (Wildman–Crippen LogP) is 3.29. The summed E-state index contributed by atoms with van der Waals surface area (Å²) >= 11 is 0. The van der Waals surface area contributed by atoms with Gasteiger partial charge in [0.1, 0.15) is 0 Å². The Morgan fingerprint density at radius 1 is 1.16 bits per heavy atom. The predicted molar refractivity (Wildman–Crippen MR) is 82.2 cm³/mol. The van der Waals surface area contributed by atoms with Crippen LogP contribution in [0.4, 0.5) is 0 Å². The average Bonchev–Trinajstić information content (AvgIpc) is 2.42. The molecule has 0 heterocycles. The largest absolute Gasteiger partial charge is 0.314 e. The highest BCUT2D eigenvalue weighted by Crippen LogP contribution is 2.25. The van der Waals surface area contributed by atoms with E-state index in [9.17, 15) is 0 Å². The first-order valence-corrected chi connectivity index (χ1v) is 7.75. The highest BCUT2D eigenvalue weighted by atomic mass is 15.1. The van der Waals surface area contributed by atoms with Crippen molar-refractivity contribution in [3.05, 3.63) is 35.9 Å². The summed E-state index contributed by atoms with van der Waals surface area (Å²) in [6.07, 6.45) is 5.55. The van der Waals surface area contributed by atoms with Crippen LogP contribution >= 0.6 is 0 Å². The fourth-order valence-corrected chi connectivity index (χ4v) is 3.32. The molecule has 0 spiro atoms. The first-order chi connectivity index (χ1) is 9.29. The van der Waals surface area contributed by atoms with Crippen molar-refractivity contribution in [2.75, 3.05) is 20.1 Å². The molecule has 2 nitrogen and oxygen atoms in total. The van der Waals surface area contributed by atoms with Crippen molar-refractivity contribution < 1.29 is 0 Å². The van der Waals surface area contributed by atoms with Crippen molar-refractivity contribution in [3.8, 4) is 0 Å². The van der Waals surface area contributed by atoms with Crippen molar-refractivity contribution >= 4 is 0 Å². The van der Waals surface area contributed by atoms with Crippen molar-refractivity contribution in [3.63, 3.8) is 0 Å². The molecule has 0 saturated heterocycles. The summed E-state index contributed by atoms with van der Waals surface area (Å²) in [6.45, 7) is 5.60. The zero-order chi connectivity index (χ0) is 13.5. The van der Waals surface area contributed by atoms with E-state index in [1.807, 2.05) is 0 Å². The van der Waals surface area contributed by atoms with Crippen LogP contribution in [-0.4, -0.2) is 31.1 Å². The van der Waals surface area contributed by atoms with E-state index in [1.54, 1.807) is 0 Å². The van der Waals surface area contributed by atoms with Crippen molar-refractivity contribution in [2.45, 2.75) is 45.2 Å². The smallest absolute Gasteiger partial charge is 0.0230 e. The summed E-state index contributed by atoms with van der Waals surface area (Å²) < 4.78 is 0. The standard InChI is InChI=1S/C17H28N2/c1-3-18-17-12-8-7-11-16(17)14-19(2)13-15-9-5-4-6-10-15/h4-6,9-10,16-18H,3,7-8,11-14H2,1-2H3. The quantitative estimate of drug-likeness (QED) is 0.844. The number of hydrogen-bond donors (Lipinski definition) is 1. The molecule has 1 aliphatic carbocycles. The number of nitrogens with zero attached hydrogens (tertiary/aromatic N) is 1. The van der Waals surface area contributed by atoms with E-state index >= 15 is 0 Å². The molecule has 2 atom stereocenters. The van der Waals surface area contributed by atoms with Crippen LogP contribution in [0.25, 0.3) is 0 Å². The molecule has 0 aliphatic heterocycles. The molecule has 1 saturated carbocycles. The molecule has 2 unspecified atom stereocenters. The summed E-state index contributed by atoms with van der Waals surface area (Å²) in [4.78, 5) is 2.48. The normalized spacial score (nSPS) is 23.7. The molecule has 2 heteroatoms. The Morgan fingerprint density at radius 2 is 1.89 bits per heavy atom. The molecule has 1 aliphatic rings. The number of benzene rings is 1. The van der Waals surface area contributed by atoms with E-state index in [0.717, 1.165) is 25.0 Å².